The van der Waals surface area contributed by atoms with Crippen molar-refractivity contribution in [3.05, 3.63) is 47.7 Å². The fraction of sp³-hybridized carbons (Fsp3) is 0.474. The van der Waals surface area contributed by atoms with E-state index in [4.69, 9.17) is 0 Å². The Morgan fingerprint density at radius 2 is 1.89 bits per heavy atom. The van der Waals surface area contributed by atoms with E-state index in [0.717, 1.165) is 49.6 Å². The van der Waals surface area contributed by atoms with E-state index in [2.05, 4.69) is 15.3 Å². The van der Waals surface area contributed by atoms with Gasteiger partial charge in [-0.25, -0.2) is 22.8 Å². The van der Waals surface area contributed by atoms with E-state index in [1.807, 2.05) is 25.1 Å². The molecule has 1 aromatic carbocycles. The van der Waals surface area contributed by atoms with Crippen LogP contribution < -0.4 is 10.2 Å². The normalized spacial score (nSPS) is 17.7. The Hall–Kier alpha value is -2.10. The first-order valence-corrected chi connectivity index (χ1v) is 10.7. The van der Waals surface area contributed by atoms with E-state index >= 15 is 0 Å². The van der Waals surface area contributed by atoms with Gasteiger partial charge in [-0.05, 0) is 43.7 Å². The number of anilines is 1. The number of rotatable bonds is 6. The molecule has 1 aromatic heterocycles. The van der Waals surface area contributed by atoms with E-state index in [-0.39, 0.29) is 17.4 Å². The van der Waals surface area contributed by atoms with Gasteiger partial charge in [0.1, 0.15) is 17.5 Å². The number of halogens is 1. The van der Waals surface area contributed by atoms with Crippen molar-refractivity contribution in [2.75, 3.05) is 39.1 Å². The van der Waals surface area contributed by atoms with Crippen LogP contribution in [-0.4, -0.2) is 56.9 Å². The lowest BCUT2D eigenvalue weighted by molar-refractivity contribution is 0.441. The molecule has 1 fully saturated rings. The zero-order valence-electron chi connectivity index (χ0n) is 16.4. The molecule has 0 unspecified atom stereocenters. The minimum Gasteiger partial charge on any atom is -0.363 e. The lowest BCUT2D eigenvalue weighted by Crippen LogP contribution is -2.30. The average Bonchev–Trinajstić information content (AvgIpc) is 2.68. The molecule has 0 aliphatic carbocycles. The van der Waals surface area contributed by atoms with E-state index in [1.54, 1.807) is 0 Å². The van der Waals surface area contributed by atoms with Gasteiger partial charge in [0.2, 0.25) is 10.0 Å². The van der Waals surface area contributed by atoms with Crippen molar-refractivity contribution in [1.29, 1.82) is 0 Å². The van der Waals surface area contributed by atoms with Crippen LogP contribution in [0.15, 0.2) is 35.2 Å². The van der Waals surface area contributed by atoms with Crippen LogP contribution in [0.5, 0.6) is 0 Å². The Morgan fingerprint density at radius 1 is 1.18 bits per heavy atom. The lowest BCUT2D eigenvalue weighted by Gasteiger charge is -2.24. The van der Waals surface area contributed by atoms with E-state index < -0.39 is 15.8 Å². The van der Waals surface area contributed by atoms with Gasteiger partial charge < -0.3 is 10.2 Å². The highest BCUT2D eigenvalue weighted by Crippen LogP contribution is 2.25. The summed E-state index contributed by atoms with van der Waals surface area (Å²) in [4.78, 5) is 11.1. The highest BCUT2D eigenvalue weighted by Gasteiger charge is 2.24. The van der Waals surface area contributed by atoms with Crippen LogP contribution >= 0.6 is 0 Å². The predicted octanol–water partition coefficient (Wildman–Crippen LogP) is 1.97. The van der Waals surface area contributed by atoms with Crippen molar-refractivity contribution in [1.82, 2.24) is 19.6 Å². The number of benzene rings is 1. The third-order valence-electron chi connectivity index (χ3n) is 4.84. The summed E-state index contributed by atoms with van der Waals surface area (Å²) in [6, 6.07) is 6.76. The fourth-order valence-corrected chi connectivity index (χ4v) is 4.31. The van der Waals surface area contributed by atoms with Gasteiger partial charge in [0.25, 0.3) is 0 Å². The largest absolute Gasteiger partial charge is 0.363 e. The summed E-state index contributed by atoms with van der Waals surface area (Å²) in [6.07, 6.45) is 2.13. The molecule has 0 saturated carbocycles. The summed E-state index contributed by atoms with van der Waals surface area (Å²) in [5.41, 5.74) is 0.925. The van der Waals surface area contributed by atoms with Gasteiger partial charge in [0, 0.05) is 39.7 Å². The van der Waals surface area contributed by atoms with Gasteiger partial charge in [-0.15, -0.1) is 0 Å². The molecule has 0 spiro atoms. The Balaban J connectivity index is 1.87. The number of nitrogens with zero attached hydrogens (tertiary/aromatic N) is 4. The maximum Gasteiger partial charge on any atom is 0.243 e. The van der Waals surface area contributed by atoms with Gasteiger partial charge in [-0.2, -0.15) is 4.31 Å². The number of nitrogens with one attached hydrogen (secondary N) is 1. The smallest absolute Gasteiger partial charge is 0.243 e. The molecule has 1 atom stereocenters. The molecule has 1 aliphatic heterocycles. The molecule has 7 nitrogen and oxygen atoms in total. The third kappa shape index (κ3) is 4.65. The van der Waals surface area contributed by atoms with E-state index in [9.17, 15) is 12.8 Å². The first kappa shape index (κ1) is 20.6. The van der Waals surface area contributed by atoms with Crippen molar-refractivity contribution < 1.29 is 12.8 Å². The third-order valence-corrected chi connectivity index (χ3v) is 6.66. The van der Waals surface area contributed by atoms with Crippen LogP contribution in [0.3, 0.4) is 0 Å². The quantitative estimate of drug-likeness (QED) is 0.789. The SMILES string of the molecule is CN(C)c1cc([C@H]2CCCNC2)nc(CN(C)S(=O)(=O)c2ccc(F)cc2)n1. The number of hydrogen-bond donors (Lipinski definition) is 1. The molecule has 2 aromatic rings. The molecular weight excluding hydrogens is 381 g/mol. The summed E-state index contributed by atoms with van der Waals surface area (Å²) in [6.45, 7) is 1.90. The molecule has 3 rings (SSSR count). The molecule has 1 N–H and O–H groups in total. The molecule has 9 heteroatoms. The summed E-state index contributed by atoms with van der Waals surface area (Å²) in [7, 11) is 1.51. The van der Waals surface area contributed by atoms with Crippen molar-refractivity contribution in [3.63, 3.8) is 0 Å². The van der Waals surface area contributed by atoms with Gasteiger partial charge in [0.05, 0.1) is 17.1 Å². The number of aromatic nitrogens is 2. The second-order valence-corrected chi connectivity index (χ2v) is 9.26. The number of sulfonamides is 1. The molecular formula is C19H26FN5O2S. The molecule has 2 heterocycles. The minimum atomic E-state index is -3.76. The fourth-order valence-electron chi connectivity index (χ4n) is 3.19. The average molecular weight is 408 g/mol. The Bertz CT molecular complexity index is 912. The van der Waals surface area contributed by atoms with Crippen LogP contribution in [0.2, 0.25) is 0 Å². The second kappa shape index (κ2) is 8.50. The summed E-state index contributed by atoms with van der Waals surface area (Å²) in [5.74, 6) is 1.00. The summed E-state index contributed by atoms with van der Waals surface area (Å²) >= 11 is 0. The summed E-state index contributed by atoms with van der Waals surface area (Å²) in [5, 5.41) is 3.38. The molecule has 152 valence electrons. The van der Waals surface area contributed by atoms with Crippen molar-refractivity contribution in [2.24, 2.45) is 0 Å². The Kier molecular flexibility index (Phi) is 6.26. The second-order valence-electron chi connectivity index (χ2n) is 7.22. The molecule has 0 radical (unpaired) electrons. The van der Waals surface area contributed by atoms with E-state index in [0.29, 0.717) is 5.82 Å². The summed E-state index contributed by atoms with van der Waals surface area (Å²) < 4.78 is 39.9. The van der Waals surface area contributed by atoms with Gasteiger partial charge in [-0.1, -0.05) is 0 Å². The van der Waals surface area contributed by atoms with Crippen LogP contribution in [0, 0.1) is 5.82 Å². The van der Waals surface area contributed by atoms with Gasteiger partial charge in [-0.3, -0.25) is 0 Å². The highest BCUT2D eigenvalue weighted by atomic mass is 32.2. The molecule has 1 aliphatic rings. The molecule has 0 amide bonds. The standard InChI is InChI=1S/C19H26FN5O2S/c1-24(2)19-11-17(14-5-4-10-21-12-14)22-18(23-19)13-25(3)28(26,27)16-8-6-15(20)7-9-16/h6-9,11,14,21H,4-5,10,12-13H2,1-3H3/t14-/m0/s1. The number of hydrogen-bond acceptors (Lipinski definition) is 6. The Labute approximate surface area is 165 Å². The maximum atomic E-state index is 13.1. The van der Waals surface area contributed by atoms with Crippen LogP contribution in [-0.2, 0) is 16.6 Å². The maximum absolute atomic E-state index is 13.1. The first-order valence-electron chi connectivity index (χ1n) is 9.25. The molecule has 1 saturated heterocycles. The highest BCUT2D eigenvalue weighted by molar-refractivity contribution is 7.89. The molecule has 0 bridgehead atoms. The van der Waals surface area contributed by atoms with Gasteiger partial charge in [0.15, 0.2) is 0 Å². The lowest BCUT2D eigenvalue weighted by atomic mass is 9.96. The topological polar surface area (TPSA) is 78.4 Å². The minimum absolute atomic E-state index is 0.0362. The van der Waals surface area contributed by atoms with Crippen LogP contribution in [0.25, 0.3) is 0 Å². The van der Waals surface area contributed by atoms with Crippen molar-refractivity contribution in [2.45, 2.75) is 30.2 Å². The zero-order valence-corrected chi connectivity index (χ0v) is 17.2. The molecule has 28 heavy (non-hydrogen) atoms. The van der Waals surface area contributed by atoms with Crippen molar-refractivity contribution >= 4 is 15.8 Å². The zero-order chi connectivity index (χ0) is 20.3. The first-order chi connectivity index (χ1) is 13.3. The van der Waals surface area contributed by atoms with Crippen LogP contribution in [0.1, 0.15) is 30.3 Å². The van der Waals surface area contributed by atoms with Crippen molar-refractivity contribution in [3.8, 4) is 0 Å². The van der Waals surface area contributed by atoms with Gasteiger partial charge >= 0.3 is 0 Å². The monoisotopic (exact) mass is 407 g/mol. The number of piperidine rings is 1. The predicted molar refractivity (Wildman–Crippen MR) is 106 cm³/mol. The Morgan fingerprint density at radius 3 is 2.50 bits per heavy atom. The van der Waals surface area contributed by atoms with Crippen LogP contribution in [0.4, 0.5) is 10.2 Å². The van der Waals surface area contributed by atoms with E-state index in [1.165, 1.54) is 23.5 Å².